The lowest BCUT2D eigenvalue weighted by atomic mass is 9.69. The molecule has 0 atom stereocenters. The Kier molecular flexibility index (Phi) is 21.3. The van der Waals surface area contributed by atoms with Crippen molar-refractivity contribution in [1.82, 2.24) is 0 Å². The number of halogens is 9. The summed E-state index contributed by atoms with van der Waals surface area (Å²) >= 11 is 0. The normalized spacial score (nSPS) is 25.8. The van der Waals surface area contributed by atoms with E-state index >= 15 is 0 Å². The summed E-state index contributed by atoms with van der Waals surface area (Å²) in [6.07, 6.45) is 27.3. The monoisotopic (exact) mass is 1160 g/mol. The maximum atomic E-state index is 14.5. The maximum absolute atomic E-state index is 14.5. The van der Waals surface area contributed by atoms with E-state index in [-0.39, 0.29) is 33.4 Å². The Hall–Kier alpha value is -5.13. The average molecular weight is 1160 g/mol. The van der Waals surface area contributed by atoms with Crippen molar-refractivity contribution in [3.05, 3.63) is 124 Å². The van der Waals surface area contributed by atoms with Crippen LogP contribution in [-0.4, -0.2) is 19.8 Å². The molecule has 452 valence electrons. The molecule has 3 nitrogen and oxygen atoms in total. The van der Waals surface area contributed by atoms with E-state index in [9.17, 15) is 39.5 Å². The minimum Gasteiger partial charge on any atom is -0.490 e. The first-order valence-corrected chi connectivity index (χ1v) is 31.4. The summed E-state index contributed by atoms with van der Waals surface area (Å²) in [5, 5.41) is 0.0885. The largest absolute Gasteiger partial charge is 0.490 e. The quantitative estimate of drug-likeness (QED) is 0.108. The zero-order valence-corrected chi connectivity index (χ0v) is 49.8. The van der Waals surface area contributed by atoms with Gasteiger partial charge in [-0.1, -0.05) is 134 Å². The number of rotatable bonds is 13. The molecule has 5 aliphatic rings. The minimum atomic E-state index is -1.17. The lowest BCUT2D eigenvalue weighted by Gasteiger charge is -2.37. The van der Waals surface area contributed by atoms with Crippen molar-refractivity contribution in [3.8, 4) is 17.2 Å². The molecule has 0 spiro atoms. The van der Waals surface area contributed by atoms with Crippen LogP contribution in [0.1, 0.15) is 179 Å². The molecule has 11 rings (SSSR count). The van der Waals surface area contributed by atoms with Crippen LogP contribution < -0.4 is 14.2 Å². The highest BCUT2D eigenvalue weighted by atomic mass is 19.2. The standard InChI is InChI=1S/C27H35F3O.C25H31F3O.C19H21F3O/c1-17-3-6-19(7-4-17)8-9-20-10-12-21(13-11-20)16-31-23-15-22-14-5-18(2)25(28)24(22)27(30)26(23)29;1-15-3-8-18(9-4-15)19-11-6-17(7-12-19)14-29-21-13-20-10-5-16(2)23(26)22(20)25(28)24(21)27;1-11-3-6-13(7-4-11)10-23-15-9-14-8-5-12(2)17(20)16(14)19(22)18(15)21/h5,14-15,17,19-21H,3-4,6-13,16H2,1-2H3;5,10,13,15,17-19H,3-4,6-9,11-12,14H2,1-2H3;5,8-9,11,13H,3-4,6-7,10H2,1-2H3. The molecule has 5 fully saturated rings. The van der Waals surface area contributed by atoms with Crippen molar-refractivity contribution in [1.29, 1.82) is 0 Å². The Morgan fingerprint density at radius 2 is 0.542 bits per heavy atom. The molecular formula is C71H87F9O3. The molecule has 0 bridgehead atoms. The van der Waals surface area contributed by atoms with Gasteiger partial charge in [0.15, 0.2) is 34.7 Å². The Morgan fingerprint density at radius 1 is 0.301 bits per heavy atom. The summed E-state index contributed by atoms with van der Waals surface area (Å²) in [6, 6.07) is 13.8. The van der Waals surface area contributed by atoms with Crippen LogP contribution in [0.2, 0.25) is 0 Å². The molecule has 0 saturated heterocycles. The molecule has 83 heavy (non-hydrogen) atoms. The van der Waals surface area contributed by atoms with Crippen LogP contribution in [0.15, 0.2) is 54.6 Å². The summed E-state index contributed by atoms with van der Waals surface area (Å²) < 4.78 is 146. The van der Waals surface area contributed by atoms with Crippen molar-refractivity contribution in [2.24, 2.45) is 59.2 Å². The van der Waals surface area contributed by atoms with Crippen LogP contribution in [-0.2, 0) is 0 Å². The SMILES string of the molecule is Cc1ccc2cc(OCC3CCC(C)CC3)c(F)c(F)c2c1F.Cc1ccc2cc(OCC3CCC(C4CCC(C)CC4)CC3)c(F)c(F)c2c1F.Cc1ccc2cc(OCC3CCC(CCC4CCC(C)CC4)CC3)c(F)c(F)c2c1F. The average Bonchev–Trinajstić information content (AvgIpc) is 3.65. The highest BCUT2D eigenvalue weighted by Gasteiger charge is 2.32. The second-order valence-corrected chi connectivity index (χ2v) is 26.3. The summed E-state index contributed by atoms with van der Waals surface area (Å²) in [6.45, 7) is 12.7. The molecule has 0 amide bonds. The highest BCUT2D eigenvalue weighted by Crippen LogP contribution is 2.43. The van der Waals surface area contributed by atoms with Gasteiger partial charge in [0.2, 0.25) is 17.5 Å². The smallest absolute Gasteiger partial charge is 0.201 e. The number of fused-ring (bicyclic) bond motifs is 3. The number of hydrogen-bond acceptors (Lipinski definition) is 3. The second kappa shape index (κ2) is 28.4. The maximum Gasteiger partial charge on any atom is 0.201 e. The van der Waals surface area contributed by atoms with Gasteiger partial charge in [-0.2, -0.15) is 13.2 Å². The molecule has 6 aromatic carbocycles. The van der Waals surface area contributed by atoms with Gasteiger partial charge in [-0.05, 0) is 195 Å². The minimum absolute atomic E-state index is 0.109. The van der Waals surface area contributed by atoms with Crippen molar-refractivity contribution >= 4 is 32.3 Å². The third-order valence-electron chi connectivity index (χ3n) is 20.1. The predicted molar refractivity (Wildman–Crippen MR) is 316 cm³/mol. The molecule has 0 aliphatic heterocycles. The van der Waals surface area contributed by atoms with E-state index in [1.807, 2.05) is 0 Å². The summed E-state index contributed by atoms with van der Waals surface area (Å²) in [5.74, 6) is -2.18. The van der Waals surface area contributed by atoms with Crippen molar-refractivity contribution in [3.63, 3.8) is 0 Å². The van der Waals surface area contributed by atoms with Crippen molar-refractivity contribution in [2.45, 2.75) is 183 Å². The fraction of sp³-hybridized carbons (Fsp3) is 0.577. The van der Waals surface area contributed by atoms with E-state index in [0.717, 1.165) is 92.8 Å². The van der Waals surface area contributed by atoms with Gasteiger partial charge in [0.05, 0.1) is 36.0 Å². The van der Waals surface area contributed by atoms with Crippen LogP contribution in [0.4, 0.5) is 39.5 Å². The molecule has 6 aromatic rings. The van der Waals surface area contributed by atoms with Crippen LogP contribution in [0, 0.1) is 132 Å². The lowest BCUT2D eigenvalue weighted by molar-refractivity contribution is 0.124. The molecular weight excluding hydrogens is 1070 g/mol. The Labute approximate surface area is 486 Å². The number of aryl methyl sites for hydroxylation is 3. The van der Waals surface area contributed by atoms with Gasteiger partial charge in [-0.15, -0.1) is 0 Å². The fourth-order valence-corrected chi connectivity index (χ4v) is 14.2. The predicted octanol–water partition coefficient (Wildman–Crippen LogP) is 21.7. The molecule has 0 unspecified atom stereocenters. The number of benzene rings is 6. The first-order chi connectivity index (χ1) is 39.8. The van der Waals surface area contributed by atoms with E-state index < -0.39 is 52.4 Å². The molecule has 12 heteroatoms. The topological polar surface area (TPSA) is 27.7 Å². The Bertz CT molecular complexity index is 3140. The van der Waals surface area contributed by atoms with Gasteiger partial charge in [0, 0.05) is 0 Å². The summed E-state index contributed by atoms with van der Waals surface area (Å²) in [4.78, 5) is 0. The van der Waals surface area contributed by atoms with E-state index in [2.05, 4.69) is 20.8 Å². The van der Waals surface area contributed by atoms with Gasteiger partial charge >= 0.3 is 0 Å². The Morgan fingerprint density at radius 3 is 0.855 bits per heavy atom. The van der Waals surface area contributed by atoms with E-state index in [4.69, 9.17) is 14.2 Å². The Balaban J connectivity index is 0.000000151. The zero-order chi connectivity index (χ0) is 59.1. The highest BCUT2D eigenvalue weighted by molar-refractivity contribution is 5.88. The lowest BCUT2D eigenvalue weighted by Crippen LogP contribution is -2.27. The van der Waals surface area contributed by atoms with E-state index in [0.29, 0.717) is 70.4 Å². The van der Waals surface area contributed by atoms with Crippen LogP contribution in [0.5, 0.6) is 17.2 Å². The second-order valence-electron chi connectivity index (χ2n) is 26.3. The fourth-order valence-electron chi connectivity index (χ4n) is 14.2. The van der Waals surface area contributed by atoms with Gasteiger partial charge < -0.3 is 14.2 Å². The van der Waals surface area contributed by atoms with Gasteiger partial charge in [0.1, 0.15) is 17.5 Å². The molecule has 0 N–H and O–H groups in total. The van der Waals surface area contributed by atoms with E-state index in [1.54, 1.807) is 50.2 Å². The molecule has 5 aliphatic carbocycles. The van der Waals surface area contributed by atoms with Crippen molar-refractivity contribution < 1.29 is 53.7 Å². The summed E-state index contributed by atoms with van der Waals surface area (Å²) in [5.41, 5.74) is 0.892. The third-order valence-corrected chi connectivity index (χ3v) is 20.1. The number of ether oxygens (including phenoxy) is 3. The van der Waals surface area contributed by atoms with Crippen molar-refractivity contribution in [2.75, 3.05) is 19.8 Å². The molecule has 0 radical (unpaired) electrons. The zero-order valence-electron chi connectivity index (χ0n) is 49.8. The van der Waals surface area contributed by atoms with Crippen LogP contribution in [0.25, 0.3) is 32.3 Å². The molecule has 5 saturated carbocycles. The molecule has 0 heterocycles. The first-order valence-electron chi connectivity index (χ1n) is 31.4. The van der Waals surface area contributed by atoms with Gasteiger partial charge in [0.25, 0.3) is 0 Å². The molecule has 0 aromatic heterocycles. The third kappa shape index (κ3) is 15.3. The van der Waals surface area contributed by atoms with Gasteiger partial charge in [-0.25, -0.2) is 26.3 Å². The first kappa shape index (κ1) is 62.4. The summed E-state index contributed by atoms with van der Waals surface area (Å²) in [7, 11) is 0. The van der Waals surface area contributed by atoms with Crippen LogP contribution in [0.3, 0.4) is 0 Å². The van der Waals surface area contributed by atoms with Gasteiger partial charge in [-0.3, -0.25) is 0 Å². The van der Waals surface area contributed by atoms with Crippen LogP contribution >= 0.6 is 0 Å². The number of hydrogen-bond donors (Lipinski definition) is 0. The van der Waals surface area contributed by atoms with E-state index in [1.165, 1.54) is 115 Å².